The molecule has 9 nitrogen and oxygen atoms in total. The van der Waals surface area contributed by atoms with Gasteiger partial charge in [0.1, 0.15) is 11.3 Å². The van der Waals surface area contributed by atoms with Gasteiger partial charge in [0.05, 0.1) is 5.69 Å². The highest BCUT2D eigenvalue weighted by molar-refractivity contribution is 7.88. The van der Waals surface area contributed by atoms with Gasteiger partial charge in [-0.1, -0.05) is 24.3 Å². The van der Waals surface area contributed by atoms with E-state index in [0.717, 1.165) is 24.1 Å². The lowest BCUT2D eigenvalue weighted by atomic mass is 10.2. The summed E-state index contributed by atoms with van der Waals surface area (Å²) in [5, 5.41) is 14.0. The lowest BCUT2D eigenvalue weighted by Gasteiger charge is -2.38. The lowest BCUT2D eigenvalue weighted by Crippen LogP contribution is -2.57. The van der Waals surface area contributed by atoms with Gasteiger partial charge in [0.2, 0.25) is 0 Å². The molecule has 0 spiro atoms. The summed E-state index contributed by atoms with van der Waals surface area (Å²) in [5.41, 5.74) is 0.586. The van der Waals surface area contributed by atoms with Crippen molar-refractivity contribution in [2.45, 2.75) is 12.8 Å². The number of anilines is 1. The van der Waals surface area contributed by atoms with Crippen LogP contribution in [-0.4, -0.2) is 78.1 Å². The standard InChI is InChI=1S/C26H28N4O5S3/c31-24-8-2-1-7-23(24)28-15-13-27(14-16-28)19-22-25(32)29(11-9-20-5-3-17-36-20)38(34,35)30(26(22)33)12-10-21-6-4-18-37-21/h1-8,17-19,31H,9-16H2. The molecule has 0 unspecified atom stereocenters. The number of para-hydroxylation sites is 2. The van der Waals surface area contributed by atoms with E-state index in [-0.39, 0.29) is 24.4 Å². The molecule has 0 saturated carbocycles. The molecule has 38 heavy (non-hydrogen) atoms. The number of aromatic hydroxyl groups is 1. The summed E-state index contributed by atoms with van der Waals surface area (Å²) in [6.45, 7) is 2.09. The summed E-state index contributed by atoms with van der Waals surface area (Å²) in [7, 11) is -4.31. The molecule has 12 heteroatoms. The summed E-state index contributed by atoms with van der Waals surface area (Å²) >= 11 is 2.99. The van der Waals surface area contributed by atoms with Crippen LogP contribution in [0.4, 0.5) is 5.69 Å². The number of amides is 2. The van der Waals surface area contributed by atoms with Crippen molar-refractivity contribution in [1.82, 2.24) is 13.5 Å². The fourth-order valence-corrected chi connectivity index (χ4v) is 7.47. The molecule has 200 valence electrons. The van der Waals surface area contributed by atoms with E-state index in [1.807, 2.05) is 57.0 Å². The van der Waals surface area contributed by atoms with Crippen molar-refractivity contribution in [2.24, 2.45) is 0 Å². The van der Waals surface area contributed by atoms with Crippen LogP contribution in [0.5, 0.6) is 5.75 Å². The first kappa shape index (κ1) is 26.3. The van der Waals surface area contributed by atoms with Gasteiger partial charge >= 0.3 is 10.2 Å². The predicted molar refractivity (Wildman–Crippen MR) is 148 cm³/mol. The summed E-state index contributed by atoms with van der Waals surface area (Å²) in [5.74, 6) is -1.38. The Morgan fingerprint density at radius 2 is 1.34 bits per heavy atom. The normalized spacial score (nSPS) is 17.8. The summed E-state index contributed by atoms with van der Waals surface area (Å²) < 4.78 is 28.6. The molecular formula is C26H28N4O5S3. The molecule has 2 fully saturated rings. The molecule has 5 rings (SSSR count). The first-order valence-electron chi connectivity index (χ1n) is 12.3. The van der Waals surface area contributed by atoms with Crippen LogP contribution in [0.25, 0.3) is 0 Å². The number of carbonyl (C=O) groups excluding carboxylic acids is 2. The Morgan fingerprint density at radius 3 is 1.84 bits per heavy atom. The van der Waals surface area contributed by atoms with Crippen LogP contribution in [0.15, 0.2) is 71.1 Å². The van der Waals surface area contributed by atoms with E-state index in [0.29, 0.717) is 39.0 Å². The third kappa shape index (κ3) is 5.42. The van der Waals surface area contributed by atoms with E-state index in [1.54, 1.807) is 12.1 Å². The number of hydrogen-bond acceptors (Lipinski definition) is 9. The Hall–Kier alpha value is -3.35. The zero-order valence-electron chi connectivity index (χ0n) is 20.6. The summed E-state index contributed by atoms with van der Waals surface area (Å²) in [4.78, 5) is 32.7. The zero-order valence-corrected chi connectivity index (χ0v) is 23.1. The average Bonchev–Trinajstić information content (AvgIpc) is 3.62. The maximum atomic E-state index is 13.5. The first-order valence-corrected chi connectivity index (χ1v) is 15.4. The van der Waals surface area contributed by atoms with Crippen LogP contribution in [0.2, 0.25) is 0 Å². The van der Waals surface area contributed by atoms with Gasteiger partial charge in [-0.2, -0.15) is 8.42 Å². The maximum absolute atomic E-state index is 13.5. The number of hydrogen-bond donors (Lipinski definition) is 1. The fourth-order valence-electron chi connectivity index (χ4n) is 4.57. The van der Waals surface area contributed by atoms with Gasteiger partial charge in [-0.3, -0.25) is 9.59 Å². The van der Waals surface area contributed by atoms with E-state index in [4.69, 9.17) is 0 Å². The van der Waals surface area contributed by atoms with Crippen molar-refractivity contribution >= 4 is 50.4 Å². The number of thiophene rings is 2. The predicted octanol–water partition coefficient (Wildman–Crippen LogP) is 2.92. The molecular weight excluding hydrogens is 545 g/mol. The van der Waals surface area contributed by atoms with E-state index >= 15 is 0 Å². The van der Waals surface area contributed by atoms with Gasteiger partial charge in [0, 0.05) is 68.1 Å². The van der Waals surface area contributed by atoms with Gasteiger partial charge in [-0.25, -0.2) is 8.61 Å². The quantitative estimate of drug-likeness (QED) is 0.327. The topological polar surface area (TPSA) is 101 Å². The maximum Gasteiger partial charge on any atom is 0.331 e. The minimum absolute atomic E-state index is 0.0388. The number of rotatable bonds is 8. The number of nitrogens with zero attached hydrogens (tertiary/aromatic N) is 4. The first-order chi connectivity index (χ1) is 18.3. The van der Waals surface area contributed by atoms with E-state index in [2.05, 4.69) is 0 Å². The van der Waals surface area contributed by atoms with Crippen LogP contribution in [-0.2, 0) is 32.6 Å². The molecule has 2 amide bonds. The van der Waals surface area contributed by atoms with Crippen LogP contribution < -0.4 is 4.90 Å². The van der Waals surface area contributed by atoms with Gasteiger partial charge in [-0.15, -0.1) is 22.7 Å². The minimum atomic E-state index is -4.31. The highest BCUT2D eigenvalue weighted by atomic mass is 32.2. The molecule has 0 aliphatic carbocycles. The average molecular weight is 573 g/mol. The van der Waals surface area contributed by atoms with Crippen molar-refractivity contribution in [1.29, 1.82) is 0 Å². The smallest absolute Gasteiger partial charge is 0.331 e. The van der Waals surface area contributed by atoms with Gasteiger partial charge in [-0.05, 0) is 35.0 Å². The molecule has 2 aliphatic rings. The van der Waals surface area contributed by atoms with Crippen molar-refractivity contribution in [3.05, 3.63) is 80.8 Å². The second-order valence-electron chi connectivity index (χ2n) is 8.98. The number of phenols is 1. The Bertz CT molecular complexity index is 1350. The van der Waals surface area contributed by atoms with Gasteiger partial charge in [0.25, 0.3) is 11.8 Å². The van der Waals surface area contributed by atoms with E-state index < -0.39 is 22.0 Å². The molecule has 3 aromatic rings. The SMILES string of the molecule is O=C1C(=CN2CCN(c3ccccc3O)CC2)C(=O)N(CCc2cccs2)S(=O)(=O)N1CCc1cccs1. The number of benzene rings is 1. The second kappa shape index (κ2) is 11.2. The molecule has 1 aromatic carbocycles. The van der Waals surface area contributed by atoms with Crippen LogP contribution >= 0.6 is 22.7 Å². The minimum Gasteiger partial charge on any atom is -0.506 e. The Morgan fingerprint density at radius 1 is 0.789 bits per heavy atom. The molecule has 0 bridgehead atoms. The third-order valence-electron chi connectivity index (χ3n) is 6.60. The molecule has 2 aromatic heterocycles. The molecule has 2 saturated heterocycles. The van der Waals surface area contributed by atoms with Crippen LogP contribution in [0.3, 0.4) is 0 Å². The van der Waals surface area contributed by atoms with E-state index in [9.17, 15) is 23.1 Å². The highest BCUT2D eigenvalue weighted by Gasteiger charge is 2.46. The van der Waals surface area contributed by atoms with Crippen molar-refractivity contribution in [3.8, 4) is 5.75 Å². The third-order valence-corrected chi connectivity index (χ3v) is 10.3. The fraction of sp³-hybridized carbons (Fsp3) is 0.308. The number of carbonyl (C=O) groups is 2. The highest BCUT2D eigenvalue weighted by Crippen LogP contribution is 2.29. The summed E-state index contributed by atoms with van der Waals surface area (Å²) in [6, 6.07) is 14.7. The Labute approximate surface area is 230 Å². The van der Waals surface area contributed by atoms with Crippen molar-refractivity contribution in [2.75, 3.05) is 44.2 Å². The number of phenolic OH excluding ortho intramolecular Hbond substituents is 1. The molecule has 0 atom stereocenters. The van der Waals surface area contributed by atoms with Crippen LogP contribution in [0, 0.1) is 0 Å². The zero-order chi connectivity index (χ0) is 26.7. The summed E-state index contributed by atoms with van der Waals surface area (Å²) in [6.07, 6.45) is 2.27. The van der Waals surface area contributed by atoms with E-state index in [1.165, 1.54) is 28.9 Å². The Balaban J connectivity index is 1.37. The lowest BCUT2D eigenvalue weighted by molar-refractivity contribution is -0.132. The van der Waals surface area contributed by atoms with Crippen molar-refractivity contribution < 1.29 is 23.1 Å². The molecule has 4 heterocycles. The second-order valence-corrected chi connectivity index (χ2v) is 12.8. The van der Waals surface area contributed by atoms with Gasteiger partial charge < -0.3 is 14.9 Å². The number of piperazine rings is 1. The molecule has 2 aliphatic heterocycles. The van der Waals surface area contributed by atoms with Crippen molar-refractivity contribution in [3.63, 3.8) is 0 Å². The Kier molecular flexibility index (Phi) is 7.73. The largest absolute Gasteiger partial charge is 0.506 e. The van der Waals surface area contributed by atoms with Crippen LogP contribution in [0.1, 0.15) is 9.75 Å². The monoisotopic (exact) mass is 572 g/mol. The molecule has 0 radical (unpaired) electrons. The van der Waals surface area contributed by atoms with Gasteiger partial charge in [0.15, 0.2) is 0 Å². The molecule has 1 N–H and O–H groups in total.